The SMILES string of the molecule is CCC(C#N)S(=O)(=O)Nc1ccc(C(=O)O)cc1Br. The molecule has 1 atom stereocenters. The summed E-state index contributed by atoms with van der Waals surface area (Å²) >= 11 is 3.09. The highest BCUT2D eigenvalue weighted by Gasteiger charge is 2.24. The maximum absolute atomic E-state index is 11.9. The number of carboxylic acids is 1. The van der Waals surface area contributed by atoms with Crippen LogP contribution in [0.4, 0.5) is 5.69 Å². The van der Waals surface area contributed by atoms with Gasteiger partial charge in [-0.2, -0.15) is 5.26 Å². The Labute approximate surface area is 119 Å². The number of nitriles is 1. The van der Waals surface area contributed by atoms with Crippen molar-refractivity contribution in [2.75, 3.05) is 4.72 Å². The van der Waals surface area contributed by atoms with E-state index in [1.165, 1.54) is 18.2 Å². The van der Waals surface area contributed by atoms with Crippen molar-refractivity contribution < 1.29 is 18.3 Å². The number of hydrogen-bond donors (Lipinski definition) is 2. The average Bonchev–Trinajstić information content (AvgIpc) is 2.32. The third kappa shape index (κ3) is 3.68. The highest BCUT2D eigenvalue weighted by Crippen LogP contribution is 2.25. The van der Waals surface area contributed by atoms with Gasteiger partial charge in [0.1, 0.15) is 0 Å². The summed E-state index contributed by atoms with van der Waals surface area (Å²) in [6.07, 6.45) is 0.163. The standard InChI is InChI=1S/C11H11BrN2O4S/c1-2-8(6-13)19(17,18)14-10-4-3-7(11(15)16)5-9(10)12/h3-5,8,14H,2H2,1H3,(H,15,16). The molecule has 6 nitrogen and oxygen atoms in total. The smallest absolute Gasteiger partial charge is 0.335 e. The zero-order valence-corrected chi connectivity index (χ0v) is 12.3. The van der Waals surface area contributed by atoms with Gasteiger partial charge in [0.25, 0.3) is 0 Å². The molecule has 0 fully saturated rings. The molecule has 0 aliphatic carbocycles. The van der Waals surface area contributed by atoms with Crippen molar-refractivity contribution in [2.24, 2.45) is 0 Å². The van der Waals surface area contributed by atoms with Gasteiger partial charge in [0.15, 0.2) is 5.25 Å². The molecular weight excluding hydrogens is 336 g/mol. The third-order valence-corrected chi connectivity index (χ3v) is 4.71. The number of halogens is 1. The predicted octanol–water partition coefficient (Wildman–Crippen LogP) is 2.19. The normalized spacial score (nSPS) is 12.5. The number of carbonyl (C=O) groups is 1. The van der Waals surface area contributed by atoms with E-state index in [1.54, 1.807) is 13.0 Å². The molecule has 8 heteroatoms. The Bertz CT molecular complexity index is 637. The van der Waals surface area contributed by atoms with Crippen molar-refractivity contribution in [2.45, 2.75) is 18.6 Å². The van der Waals surface area contributed by atoms with Crippen LogP contribution in [0.15, 0.2) is 22.7 Å². The van der Waals surface area contributed by atoms with Crippen molar-refractivity contribution >= 4 is 37.6 Å². The van der Waals surface area contributed by atoms with E-state index < -0.39 is 21.2 Å². The summed E-state index contributed by atoms with van der Waals surface area (Å²) in [4.78, 5) is 10.7. The first-order chi connectivity index (χ1) is 8.81. The number of sulfonamides is 1. The Morgan fingerprint density at radius 2 is 2.21 bits per heavy atom. The first-order valence-corrected chi connectivity index (χ1v) is 7.59. The summed E-state index contributed by atoms with van der Waals surface area (Å²) in [6.45, 7) is 1.59. The predicted molar refractivity (Wildman–Crippen MR) is 73.3 cm³/mol. The minimum Gasteiger partial charge on any atom is -0.478 e. The van der Waals surface area contributed by atoms with Gasteiger partial charge in [0.2, 0.25) is 10.0 Å². The Hall–Kier alpha value is -1.59. The fourth-order valence-electron chi connectivity index (χ4n) is 1.34. The molecule has 1 rings (SSSR count). The van der Waals surface area contributed by atoms with Crippen LogP contribution in [0.3, 0.4) is 0 Å². The van der Waals surface area contributed by atoms with Crippen LogP contribution in [-0.2, 0) is 10.0 Å². The van der Waals surface area contributed by atoms with E-state index in [1.807, 2.05) is 0 Å². The number of nitrogens with zero attached hydrogens (tertiary/aromatic N) is 1. The summed E-state index contributed by atoms with van der Waals surface area (Å²) in [5, 5.41) is 16.4. The van der Waals surface area contributed by atoms with Crippen molar-refractivity contribution in [3.8, 4) is 6.07 Å². The fraction of sp³-hybridized carbons (Fsp3) is 0.273. The van der Waals surface area contributed by atoms with Crippen LogP contribution in [0.2, 0.25) is 0 Å². The van der Waals surface area contributed by atoms with Crippen LogP contribution in [-0.4, -0.2) is 24.7 Å². The maximum Gasteiger partial charge on any atom is 0.335 e. The highest BCUT2D eigenvalue weighted by atomic mass is 79.9. The number of rotatable bonds is 5. The molecule has 0 amide bonds. The topological polar surface area (TPSA) is 107 Å². The molecule has 0 aliphatic rings. The number of benzene rings is 1. The summed E-state index contributed by atoms with van der Waals surface area (Å²) in [5.41, 5.74) is 0.223. The summed E-state index contributed by atoms with van der Waals surface area (Å²) in [5.74, 6) is -1.11. The molecular formula is C11H11BrN2O4S. The van der Waals surface area contributed by atoms with Crippen LogP contribution in [0.5, 0.6) is 0 Å². The largest absolute Gasteiger partial charge is 0.478 e. The first kappa shape index (κ1) is 15.5. The summed E-state index contributed by atoms with van der Waals surface area (Å²) < 4.78 is 26.3. The molecule has 0 aromatic heterocycles. The van der Waals surface area contributed by atoms with Crippen LogP contribution in [0.25, 0.3) is 0 Å². The van der Waals surface area contributed by atoms with E-state index in [-0.39, 0.29) is 17.7 Å². The Morgan fingerprint density at radius 3 is 2.63 bits per heavy atom. The lowest BCUT2D eigenvalue weighted by Crippen LogP contribution is -2.26. The van der Waals surface area contributed by atoms with E-state index in [9.17, 15) is 13.2 Å². The first-order valence-electron chi connectivity index (χ1n) is 5.26. The van der Waals surface area contributed by atoms with Crippen molar-refractivity contribution in [1.29, 1.82) is 5.26 Å². The molecule has 0 saturated carbocycles. The zero-order valence-electron chi connectivity index (χ0n) is 9.92. The lowest BCUT2D eigenvalue weighted by molar-refractivity contribution is 0.0697. The molecule has 2 N–H and O–H groups in total. The Kier molecular flexibility index (Phi) is 4.91. The summed E-state index contributed by atoms with van der Waals surface area (Å²) in [7, 11) is -3.82. The van der Waals surface area contributed by atoms with Gasteiger partial charge in [-0.3, -0.25) is 4.72 Å². The quantitative estimate of drug-likeness (QED) is 0.849. The van der Waals surface area contributed by atoms with E-state index in [4.69, 9.17) is 10.4 Å². The van der Waals surface area contributed by atoms with E-state index in [0.29, 0.717) is 4.47 Å². The van der Waals surface area contributed by atoms with Gasteiger partial charge in [-0.15, -0.1) is 0 Å². The van der Waals surface area contributed by atoms with Crippen molar-refractivity contribution in [1.82, 2.24) is 0 Å². The Balaban J connectivity index is 3.08. The lowest BCUT2D eigenvalue weighted by atomic mass is 10.2. The number of carboxylic acid groups (broad SMARTS) is 1. The summed E-state index contributed by atoms with van der Waals surface area (Å²) in [6, 6.07) is 5.59. The van der Waals surface area contributed by atoms with E-state index in [2.05, 4.69) is 20.7 Å². The number of nitrogens with one attached hydrogen (secondary N) is 1. The van der Waals surface area contributed by atoms with Gasteiger partial charge in [0.05, 0.1) is 17.3 Å². The monoisotopic (exact) mass is 346 g/mol. The van der Waals surface area contributed by atoms with Gasteiger partial charge in [-0.1, -0.05) is 6.92 Å². The van der Waals surface area contributed by atoms with E-state index in [0.717, 1.165) is 0 Å². The molecule has 0 radical (unpaired) electrons. The van der Waals surface area contributed by atoms with Crippen molar-refractivity contribution in [3.05, 3.63) is 28.2 Å². The van der Waals surface area contributed by atoms with Gasteiger partial charge in [-0.25, -0.2) is 13.2 Å². The molecule has 0 bridgehead atoms. The van der Waals surface area contributed by atoms with Crippen LogP contribution >= 0.6 is 15.9 Å². The van der Waals surface area contributed by atoms with Crippen LogP contribution in [0, 0.1) is 11.3 Å². The minimum absolute atomic E-state index is 0.0298. The number of aromatic carboxylic acids is 1. The van der Waals surface area contributed by atoms with Crippen molar-refractivity contribution in [3.63, 3.8) is 0 Å². The fourth-order valence-corrected chi connectivity index (χ4v) is 3.15. The van der Waals surface area contributed by atoms with Crippen LogP contribution < -0.4 is 4.72 Å². The molecule has 1 aromatic rings. The molecule has 0 spiro atoms. The third-order valence-electron chi connectivity index (χ3n) is 2.36. The molecule has 0 saturated heterocycles. The molecule has 1 unspecified atom stereocenters. The molecule has 102 valence electrons. The number of anilines is 1. The highest BCUT2D eigenvalue weighted by molar-refractivity contribution is 9.10. The van der Waals surface area contributed by atoms with Gasteiger partial charge >= 0.3 is 5.97 Å². The molecule has 19 heavy (non-hydrogen) atoms. The zero-order chi connectivity index (χ0) is 14.6. The maximum atomic E-state index is 11.9. The number of hydrogen-bond acceptors (Lipinski definition) is 4. The minimum atomic E-state index is -3.82. The average molecular weight is 347 g/mol. The second-order valence-corrected chi connectivity index (χ2v) is 6.39. The molecule has 1 aromatic carbocycles. The van der Waals surface area contributed by atoms with Crippen LogP contribution in [0.1, 0.15) is 23.7 Å². The second-order valence-electron chi connectivity index (χ2n) is 3.67. The second kappa shape index (κ2) is 6.04. The molecule has 0 aliphatic heterocycles. The Morgan fingerprint density at radius 1 is 1.58 bits per heavy atom. The van der Waals surface area contributed by atoms with E-state index >= 15 is 0 Å². The molecule has 0 heterocycles. The lowest BCUT2D eigenvalue weighted by Gasteiger charge is -2.12. The van der Waals surface area contributed by atoms with Gasteiger partial charge in [0, 0.05) is 4.47 Å². The van der Waals surface area contributed by atoms with Gasteiger partial charge < -0.3 is 5.11 Å². The van der Waals surface area contributed by atoms with Gasteiger partial charge in [-0.05, 0) is 40.5 Å².